The molecule has 1 amide bonds. The number of hydrogen-bond acceptors (Lipinski definition) is 4. The van der Waals surface area contributed by atoms with E-state index in [1.54, 1.807) is 0 Å². The minimum Gasteiger partial charge on any atom is -0.447 e. The molecule has 1 N–H and O–H groups in total. The molecule has 5 nitrogen and oxygen atoms in total. The van der Waals surface area contributed by atoms with Gasteiger partial charge in [0.1, 0.15) is 6.61 Å². The summed E-state index contributed by atoms with van der Waals surface area (Å²) in [5.41, 5.74) is 0. The number of amides is 1. The second-order valence-electron chi connectivity index (χ2n) is 5.57. The molecule has 2 aliphatic heterocycles. The number of nitrogens with one attached hydrogen (secondary N) is 1. The van der Waals surface area contributed by atoms with Crippen molar-refractivity contribution in [2.45, 2.75) is 44.0 Å². The first-order valence-electron chi connectivity index (χ1n) is 7.26. The van der Waals surface area contributed by atoms with Crippen molar-refractivity contribution in [3.8, 4) is 0 Å². The van der Waals surface area contributed by atoms with Gasteiger partial charge in [0.2, 0.25) is 0 Å². The second-order valence-corrected chi connectivity index (χ2v) is 5.57. The summed E-state index contributed by atoms with van der Waals surface area (Å²) in [6.07, 6.45) is -1.70. The molecule has 2 fully saturated rings. The number of likely N-dealkylation sites (tertiary alicyclic amines) is 1. The maximum atomic E-state index is 12.4. The molecule has 0 spiro atoms. The smallest absolute Gasteiger partial charge is 0.407 e. The van der Waals surface area contributed by atoms with Crippen LogP contribution in [0.4, 0.5) is 18.0 Å². The Morgan fingerprint density at radius 1 is 1.33 bits per heavy atom. The molecule has 2 saturated heterocycles. The highest BCUT2D eigenvalue weighted by Crippen LogP contribution is 2.20. The number of hydrogen-bond donors (Lipinski definition) is 1. The lowest BCUT2D eigenvalue weighted by Gasteiger charge is -2.33. The number of alkyl halides is 3. The van der Waals surface area contributed by atoms with Gasteiger partial charge in [-0.3, -0.25) is 4.90 Å². The first kappa shape index (κ1) is 16.4. The number of nitrogens with zero attached hydrogens (tertiary/aromatic N) is 1. The zero-order chi connectivity index (χ0) is 15.3. The number of carbonyl (C=O) groups is 1. The quantitative estimate of drug-likeness (QED) is 0.862. The number of rotatable bonds is 4. The molecule has 0 unspecified atom stereocenters. The van der Waals surface area contributed by atoms with Gasteiger partial charge in [0.15, 0.2) is 0 Å². The lowest BCUT2D eigenvalue weighted by molar-refractivity contribution is -0.148. The van der Waals surface area contributed by atoms with E-state index in [0.29, 0.717) is 26.0 Å². The van der Waals surface area contributed by atoms with Gasteiger partial charge in [-0.05, 0) is 32.2 Å². The van der Waals surface area contributed by atoms with Crippen LogP contribution in [-0.2, 0) is 9.47 Å². The summed E-state index contributed by atoms with van der Waals surface area (Å²) in [6.45, 7) is 0.558. The van der Waals surface area contributed by atoms with Crippen molar-refractivity contribution in [3.63, 3.8) is 0 Å². The van der Waals surface area contributed by atoms with E-state index in [4.69, 9.17) is 9.47 Å². The molecule has 0 aliphatic carbocycles. The Hall–Kier alpha value is -1.02. The lowest BCUT2D eigenvalue weighted by atomic mass is 10.1. The van der Waals surface area contributed by atoms with E-state index in [2.05, 4.69) is 5.32 Å². The Morgan fingerprint density at radius 2 is 2.14 bits per heavy atom. The average molecular weight is 310 g/mol. The zero-order valence-corrected chi connectivity index (χ0v) is 11.8. The first-order valence-corrected chi connectivity index (χ1v) is 7.26. The van der Waals surface area contributed by atoms with Crippen molar-refractivity contribution >= 4 is 6.09 Å². The standard InChI is InChI=1S/C13H21F3N2O3/c14-13(15,16)9-18-5-1-3-10(7-18)17-12(19)21-8-11-4-2-6-20-11/h10-11H,1-9H2,(H,17,19)/t10-,11-/m0/s1. The molecule has 2 atom stereocenters. The molecule has 0 aromatic carbocycles. The summed E-state index contributed by atoms with van der Waals surface area (Å²) in [5, 5.41) is 2.63. The van der Waals surface area contributed by atoms with Gasteiger partial charge in [-0.2, -0.15) is 13.2 Å². The normalized spacial score (nSPS) is 27.6. The van der Waals surface area contributed by atoms with E-state index >= 15 is 0 Å². The highest BCUT2D eigenvalue weighted by atomic mass is 19.4. The fourth-order valence-electron chi connectivity index (χ4n) is 2.72. The highest BCUT2D eigenvalue weighted by Gasteiger charge is 2.33. The van der Waals surface area contributed by atoms with Gasteiger partial charge in [0, 0.05) is 19.2 Å². The van der Waals surface area contributed by atoms with Gasteiger partial charge in [0.05, 0.1) is 12.6 Å². The van der Waals surface area contributed by atoms with Crippen LogP contribution in [-0.4, -0.2) is 62.2 Å². The van der Waals surface area contributed by atoms with Crippen molar-refractivity contribution in [1.29, 1.82) is 0 Å². The molecule has 21 heavy (non-hydrogen) atoms. The van der Waals surface area contributed by atoms with Crippen LogP contribution >= 0.6 is 0 Å². The summed E-state index contributed by atoms with van der Waals surface area (Å²) in [4.78, 5) is 12.9. The monoisotopic (exact) mass is 310 g/mol. The van der Waals surface area contributed by atoms with Crippen molar-refractivity contribution in [3.05, 3.63) is 0 Å². The Balaban J connectivity index is 1.67. The SMILES string of the molecule is O=C(N[C@H]1CCCN(CC(F)(F)F)C1)OC[C@@H]1CCCO1. The van der Waals surface area contributed by atoms with Crippen LogP contribution in [0.1, 0.15) is 25.7 Å². The molecule has 0 aromatic rings. The molecule has 2 aliphatic rings. The summed E-state index contributed by atoms with van der Waals surface area (Å²) < 4.78 is 47.4. The van der Waals surface area contributed by atoms with Crippen LogP contribution < -0.4 is 5.32 Å². The molecule has 0 bridgehead atoms. The molecular formula is C13H21F3N2O3. The van der Waals surface area contributed by atoms with Gasteiger partial charge in [-0.1, -0.05) is 0 Å². The van der Waals surface area contributed by atoms with Gasteiger partial charge in [0.25, 0.3) is 0 Å². The molecule has 2 rings (SSSR count). The van der Waals surface area contributed by atoms with E-state index in [1.165, 1.54) is 4.90 Å². The predicted molar refractivity (Wildman–Crippen MR) is 69.0 cm³/mol. The van der Waals surface area contributed by atoms with Gasteiger partial charge in [-0.15, -0.1) is 0 Å². The third-order valence-corrected chi connectivity index (χ3v) is 3.65. The fourth-order valence-corrected chi connectivity index (χ4v) is 2.72. The van der Waals surface area contributed by atoms with Crippen LogP contribution in [0, 0.1) is 0 Å². The molecule has 2 heterocycles. The number of ether oxygens (including phenoxy) is 2. The van der Waals surface area contributed by atoms with Crippen molar-refractivity contribution in [2.75, 3.05) is 32.8 Å². The Kier molecular flexibility index (Phi) is 5.69. The van der Waals surface area contributed by atoms with Crippen LogP contribution in [0.15, 0.2) is 0 Å². The second kappa shape index (κ2) is 7.31. The minimum atomic E-state index is -4.21. The molecule has 0 saturated carbocycles. The summed E-state index contributed by atoms with van der Waals surface area (Å²) in [5.74, 6) is 0. The first-order chi connectivity index (χ1) is 9.92. The number of carbonyl (C=O) groups excluding carboxylic acids is 1. The van der Waals surface area contributed by atoms with E-state index in [0.717, 1.165) is 12.8 Å². The molecule has 0 radical (unpaired) electrons. The van der Waals surface area contributed by atoms with Crippen LogP contribution in [0.5, 0.6) is 0 Å². The Morgan fingerprint density at radius 3 is 2.81 bits per heavy atom. The summed E-state index contributed by atoms with van der Waals surface area (Å²) in [6, 6.07) is -0.293. The lowest BCUT2D eigenvalue weighted by Crippen LogP contribution is -2.50. The molecule has 0 aromatic heterocycles. The van der Waals surface area contributed by atoms with E-state index in [9.17, 15) is 18.0 Å². The van der Waals surface area contributed by atoms with Gasteiger partial charge < -0.3 is 14.8 Å². The van der Waals surface area contributed by atoms with Crippen molar-refractivity contribution in [1.82, 2.24) is 10.2 Å². The number of halogens is 3. The number of alkyl carbamates (subject to hydrolysis) is 1. The average Bonchev–Trinajstić information content (AvgIpc) is 2.87. The maximum Gasteiger partial charge on any atom is 0.407 e. The Bertz CT molecular complexity index is 346. The third-order valence-electron chi connectivity index (χ3n) is 3.65. The third kappa shape index (κ3) is 6.09. The van der Waals surface area contributed by atoms with Crippen LogP contribution in [0.2, 0.25) is 0 Å². The highest BCUT2D eigenvalue weighted by molar-refractivity contribution is 5.67. The van der Waals surface area contributed by atoms with Crippen molar-refractivity contribution < 1.29 is 27.4 Å². The Labute approximate surface area is 121 Å². The topological polar surface area (TPSA) is 50.8 Å². The minimum absolute atomic E-state index is 0.0520. The predicted octanol–water partition coefficient (Wildman–Crippen LogP) is 1.92. The van der Waals surface area contributed by atoms with Crippen LogP contribution in [0.3, 0.4) is 0 Å². The number of piperidine rings is 1. The molecule has 8 heteroatoms. The molecular weight excluding hydrogens is 289 g/mol. The van der Waals surface area contributed by atoms with E-state index in [1.807, 2.05) is 0 Å². The molecule has 122 valence electrons. The summed E-state index contributed by atoms with van der Waals surface area (Å²) in [7, 11) is 0. The zero-order valence-electron chi connectivity index (χ0n) is 11.8. The van der Waals surface area contributed by atoms with E-state index in [-0.39, 0.29) is 25.3 Å². The maximum absolute atomic E-state index is 12.4. The van der Waals surface area contributed by atoms with E-state index < -0.39 is 18.8 Å². The van der Waals surface area contributed by atoms with Gasteiger partial charge >= 0.3 is 12.3 Å². The summed E-state index contributed by atoms with van der Waals surface area (Å²) >= 11 is 0. The largest absolute Gasteiger partial charge is 0.447 e. The fraction of sp³-hybridized carbons (Fsp3) is 0.923. The van der Waals surface area contributed by atoms with Crippen LogP contribution in [0.25, 0.3) is 0 Å². The van der Waals surface area contributed by atoms with Crippen molar-refractivity contribution in [2.24, 2.45) is 0 Å². The van der Waals surface area contributed by atoms with Gasteiger partial charge in [-0.25, -0.2) is 4.79 Å².